The third-order valence-electron chi connectivity index (χ3n) is 4.29. The van der Waals surface area contributed by atoms with E-state index < -0.39 is 33.3 Å². The molecule has 160 valence electrons. The summed E-state index contributed by atoms with van der Waals surface area (Å²) in [6, 6.07) is 1.67. The number of nitrogens with zero attached hydrogens (tertiary/aromatic N) is 3. The molecule has 0 radical (unpaired) electrons. The van der Waals surface area contributed by atoms with Crippen LogP contribution in [-0.4, -0.2) is 32.0 Å². The topological polar surface area (TPSA) is 93.0 Å². The predicted molar refractivity (Wildman–Crippen MR) is 96.4 cm³/mol. The minimum atomic E-state index is -9.78. The number of halogens is 5. The average Bonchev–Trinajstić information content (AvgIpc) is 2.99. The van der Waals surface area contributed by atoms with Crippen molar-refractivity contribution >= 4 is 21.3 Å². The summed E-state index contributed by atoms with van der Waals surface area (Å²) in [4.78, 5) is 17.1. The molecule has 0 saturated heterocycles. The first-order chi connectivity index (χ1) is 13.2. The number of H-pyrrole nitrogens is 1. The smallest absolute Gasteiger partial charge is 0.310 e. The van der Waals surface area contributed by atoms with Crippen molar-refractivity contribution in [2.45, 2.75) is 31.1 Å². The standard InChI is InChI=1S/C16H17F5N4O3S/c1-9(10-3-5-11(6-4-10)29(17,18,19,20)21)25-15-14(12(7-26)24-25)16(27)23-13(22-15)8-28-2/h3-6,9,26H,7-8H2,1-2H3,(H,22,23,27)/t9-/m0/s1. The molecule has 1 atom stereocenters. The molecule has 2 heterocycles. The second kappa shape index (κ2) is 6.24. The highest BCUT2D eigenvalue weighted by Crippen LogP contribution is 3.02. The number of fused-ring (bicyclic) bond motifs is 1. The van der Waals surface area contributed by atoms with Gasteiger partial charge in [-0.15, -0.1) is 0 Å². The molecular weight excluding hydrogens is 423 g/mol. The summed E-state index contributed by atoms with van der Waals surface area (Å²) >= 11 is 0. The minimum absolute atomic E-state index is 0.0161. The Morgan fingerprint density at radius 1 is 1.21 bits per heavy atom. The summed E-state index contributed by atoms with van der Waals surface area (Å²) in [7, 11) is -8.39. The number of hydrogen-bond acceptors (Lipinski definition) is 5. The van der Waals surface area contributed by atoms with Crippen molar-refractivity contribution in [3.8, 4) is 0 Å². The number of aliphatic hydroxyl groups excluding tert-OH is 1. The number of aromatic nitrogens is 4. The molecule has 0 aliphatic rings. The van der Waals surface area contributed by atoms with Crippen LogP contribution < -0.4 is 5.56 Å². The fourth-order valence-corrected chi connectivity index (χ4v) is 3.54. The maximum absolute atomic E-state index is 12.9. The number of methoxy groups -OCH3 is 1. The molecule has 3 aromatic rings. The molecule has 29 heavy (non-hydrogen) atoms. The monoisotopic (exact) mass is 440 g/mol. The van der Waals surface area contributed by atoms with Crippen molar-refractivity contribution in [1.29, 1.82) is 0 Å². The van der Waals surface area contributed by atoms with E-state index in [4.69, 9.17) is 4.74 Å². The molecule has 0 saturated carbocycles. The number of aliphatic hydroxyl groups is 1. The quantitative estimate of drug-likeness (QED) is 0.565. The first kappa shape index (κ1) is 21.2. The minimum Gasteiger partial charge on any atom is -0.390 e. The Morgan fingerprint density at radius 2 is 1.83 bits per heavy atom. The zero-order valence-electron chi connectivity index (χ0n) is 15.2. The summed E-state index contributed by atoms with van der Waals surface area (Å²) < 4.78 is 70.8. The average molecular weight is 440 g/mol. The lowest BCUT2D eigenvalue weighted by atomic mass is 10.1. The fraction of sp³-hybridized carbons (Fsp3) is 0.312. The zero-order valence-corrected chi connectivity index (χ0v) is 16.0. The van der Waals surface area contributed by atoms with Gasteiger partial charge in [0.25, 0.3) is 5.56 Å². The number of rotatable bonds is 6. The van der Waals surface area contributed by atoms with Crippen LogP contribution in [0, 0.1) is 0 Å². The van der Waals surface area contributed by atoms with Gasteiger partial charge in [-0.2, -0.15) is 5.10 Å². The molecule has 0 aliphatic heterocycles. The van der Waals surface area contributed by atoms with Gasteiger partial charge in [-0.3, -0.25) is 4.79 Å². The molecule has 0 fully saturated rings. The lowest BCUT2D eigenvalue weighted by Gasteiger charge is -2.40. The summed E-state index contributed by atoms with van der Waals surface area (Å²) in [5.41, 5.74) is -0.247. The highest BCUT2D eigenvalue weighted by Gasteiger charge is 2.65. The van der Waals surface area contributed by atoms with Gasteiger partial charge in [0, 0.05) is 7.11 Å². The molecule has 0 spiro atoms. The van der Waals surface area contributed by atoms with Crippen LogP contribution in [0.3, 0.4) is 0 Å². The van der Waals surface area contributed by atoms with Crippen LogP contribution in [0.4, 0.5) is 19.4 Å². The van der Waals surface area contributed by atoms with Crippen LogP contribution in [0.1, 0.15) is 30.0 Å². The van der Waals surface area contributed by atoms with E-state index in [-0.39, 0.29) is 34.7 Å². The lowest BCUT2D eigenvalue weighted by molar-refractivity contribution is 0.178. The predicted octanol–water partition coefficient (Wildman–Crippen LogP) is 4.03. The van der Waals surface area contributed by atoms with Crippen LogP contribution in [0.2, 0.25) is 0 Å². The Kier molecular flexibility index (Phi) is 4.56. The molecule has 0 amide bonds. The molecular formula is C16H17F5N4O3S. The largest absolute Gasteiger partial charge is 0.390 e. The highest BCUT2D eigenvalue weighted by molar-refractivity contribution is 8.45. The van der Waals surface area contributed by atoms with Crippen LogP contribution in [0.25, 0.3) is 11.0 Å². The summed E-state index contributed by atoms with van der Waals surface area (Å²) in [5, 5.41) is 13.6. The van der Waals surface area contributed by atoms with E-state index in [1.807, 2.05) is 0 Å². The van der Waals surface area contributed by atoms with E-state index >= 15 is 0 Å². The van der Waals surface area contributed by atoms with Crippen molar-refractivity contribution in [3.05, 3.63) is 51.7 Å². The molecule has 0 aliphatic carbocycles. The van der Waals surface area contributed by atoms with Gasteiger partial charge in [0.1, 0.15) is 28.4 Å². The Hall–Kier alpha value is -2.51. The first-order valence-corrected chi connectivity index (χ1v) is 10.1. The first-order valence-electron chi connectivity index (χ1n) is 8.19. The Labute approximate surface area is 160 Å². The second-order valence-electron chi connectivity index (χ2n) is 6.41. The van der Waals surface area contributed by atoms with Gasteiger partial charge in [0.15, 0.2) is 5.65 Å². The SMILES string of the molecule is COCc1nc2c(c(CO)nn2[C@@H](C)c2ccc(S(F)(F)(F)(F)F)cc2)c(=O)[nH]1. The maximum atomic E-state index is 12.9. The second-order valence-corrected chi connectivity index (χ2v) is 8.82. The van der Waals surface area contributed by atoms with Gasteiger partial charge < -0.3 is 14.8 Å². The van der Waals surface area contributed by atoms with Crippen LogP contribution in [-0.2, 0) is 18.0 Å². The van der Waals surface area contributed by atoms with Crippen LogP contribution in [0.5, 0.6) is 0 Å². The van der Waals surface area contributed by atoms with Gasteiger partial charge in [-0.1, -0.05) is 31.6 Å². The van der Waals surface area contributed by atoms with E-state index in [2.05, 4.69) is 15.1 Å². The van der Waals surface area contributed by atoms with Gasteiger partial charge in [-0.25, -0.2) is 9.67 Å². The van der Waals surface area contributed by atoms with E-state index in [1.165, 1.54) is 11.8 Å². The van der Waals surface area contributed by atoms with E-state index in [1.54, 1.807) is 6.92 Å². The molecule has 7 nitrogen and oxygen atoms in total. The highest BCUT2D eigenvalue weighted by atomic mass is 32.5. The molecule has 13 heteroatoms. The van der Waals surface area contributed by atoms with Crippen molar-refractivity contribution in [2.75, 3.05) is 7.11 Å². The fourth-order valence-electron chi connectivity index (χ4n) is 2.89. The number of benzene rings is 1. The van der Waals surface area contributed by atoms with Gasteiger partial charge >= 0.3 is 10.2 Å². The maximum Gasteiger partial charge on any atom is 0.310 e. The Bertz CT molecular complexity index is 1130. The molecule has 2 aromatic heterocycles. The summed E-state index contributed by atoms with van der Waals surface area (Å²) in [6.45, 7) is 0.951. The molecule has 1 aromatic carbocycles. The van der Waals surface area contributed by atoms with Crippen molar-refractivity contribution in [1.82, 2.24) is 19.7 Å². The van der Waals surface area contributed by atoms with Crippen molar-refractivity contribution in [3.63, 3.8) is 0 Å². The van der Waals surface area contributed by atoms with Crippen molar-refractivity contribution in [2.24, 2.45) is 0 Å². The number of aromatic amines is 1. The third kappa shape index (κ3) is 4.11. The van der Waals surface area contributed by atoms with Gasteiger partial charge in [0.05, 0.1) is 12.6 Å². The van der Waals surface area contributed by atoms with E-state index in [9.17, 15) is 29.3 Å². The van der Waals surface area contributed by atoms with E-state index in [0.717, 1.165) is 12.1 Å². The Morgan fingerprint density at radius 3 is 2.34 bits per heavy atom. The Balaban J connectivity index is 2.12. The van der Waals surface area contributed by atoms with Crippen LogP contribution >= 0.6 is 10.2 Å². The van der Waals surface area contributed by atoms with E-state index in [0.29, 0.717) is 12.1 Å². The van der Waals surface area contributed by atoms with Gasteiger partial charge in [0.2, 0.25) is 0 Å². The molecule has 3 rings (SSSR count). The molecule has 0 unspecified atom stereocenters. The molecule has 2 N–H and O–H groups in total. The number of nitrogens with one attached hydrogen (secondary N) is 1. The van der Waals surface area contributed by atoms with Crippen molar-refractivity contribution < 1.29 is 29.3 Å². The number of ether oxygens (including phenoxy) is 1. The zero-order chi connectivity index (χ0) is 21.7. The molecule has 0 bridgehead atoms. The normalized spacial score (nSPS) is 15.9. The lowest BCUT2D eigenvalue weighted by Crippen LogP contribution is -2.15. The number of hydrogen-bond donors (Lipinski definition) is 2. The van der Waals surface area contributed by atoms with Crippen LogP contribution in [0.15, 0.2) is 34.0 Å². The summed E-state index contributed by atoms with van der Waals surface area (Å²) in [5.74, 6) is 0.180. The summed E-state index contributed by atoms with van der Waals surface area (Å²) in [6.07, 6.45) is 0. The van der Waals surface area contributed by atoms with Gasteiger partial charge in [-0.05, 0) is 24.6 Å². The third-order valence-corrected chi connectivity index (χ3v) is 5.45.